The number of carbonyl (C=O) groups excluding carboxylic acids is 3. The van der Waals surface area contributed by atoms with Crippen molar-refractivity contribution in [1.29, 1.82) is 0 Å². The summed E-state index contributed by atoms with van der Waals surface area (Å²) >= 11 is 6.40. The predicted octanol–water partition coefficient (Wildman–Crippen LogP) is 5.88. The Bertz CT molecular complexity index is 1730. The summed E-state index contributed by atoms with van der Waals surface area (Å²) in [6.07, 6.45) is 6.43. The number of carbonyl (C=O) groups is 3. The average molecular weight is 668 g/mol. The molecule has 252 valence electrons. The highest BCUT2D eigenvalue weighted by Crippen LogP contribution is 2.33. The predicted molar refractivity (Wildman–Crippen MR) is 192 cm³/mol. The Morgan fingerprint density at radius 3 is 2.50 bits per heavy atom. The van der Waals surface area contributed by atoms with E-state index < -0.39 is 6.04 Å². The number of fused-ring (bicyclic) bond motifs is 2. The maximum atomic E-state index is 14.5. The first-order valence-corrected chi connectivity index (χ1v) is 17.5. The molecule has 2 aliphatic rings. The van der Waals surface area contributed by atoms with Gasteiger partial charge >= 0.3 is 0 Å². The summed E-state index contributed by atoms with van der Waals surface area (Å²) in [6.45, 7) is 2.84. The molecule has 4 aromatic rings. The summed E-state index contributed by atoms with van der Waals surface area (Å²) in [5, 5.41) is 4.87. The second kappa shape index (κ2) is 15.4. The highest BCUT2D eigenvalue weighted by molar-refractivity contribution is 6.30. The quantitative estimate of drug-likeness (QED) is 0.209. The zero-order chi connectivity index (χ0) is 33.6. The summed E-state index contributed by atoms with van der Waals surface area (Å²) < 4.78 is 0. The number of rotatable bonds is 11. The van der Waals surface area contributed by atoms with Gasteiger partial charge in [0.1, 0.15) is 6.04 Å². The van der Waals surface area contributed by atoms with Crippen molar-refractivity contribution in [3.05, 3.63) is 101 Å². The van der Waals surface area contributed by atoms with Gasteiger partial charge in [-0.1, -0.05) is 60.1 Å². The molecule has 8 nitrogen and oxygen atoms in total. The number of amides is 3. The lowest BCUT2D eigenvalue weighted by Crippen LogP contribution is -2.53. The molecular formula is C39H46ClN5O3. The largest absolute Gasteiger partial charge is 0.361 e. The molecule has 1 saturated heterocycles. The SMILES string of the molecule is CN(C)C[C@H]1Cc2cc(Cl)ccc2N(C(=O)[C@@H](Cc2c[nH]c3ccccc23)NC(=O)CCC2CCN(C(=O)Cc3ccccc3)CC2)C1. The molecular weight excluding hydrogens is 622 g/mol. The number of H-pyrrole nitrogens is 1. The van der Waals surface area contributed by atoms with E-state index in [-0.39, 0.29) is 23.6 Å². The van der Waals surface area contributed by atoms with Crippen LogP contribution in [0.5, 0.6) is 0 Å². The van der Waals surface area contributed by atoms with E-state index in [0.29, 0.717) is 49.8 Å². The van der Waals surface area contributed by atoms with Crippen LogP contribution in [0.3, 0.4) is 0 Å². The van der Waals surface area contributed by atoms with E-state index in [1.165, 1.54) is 0 Å². The van der Waals surface area contributed by atoms with Crippen molar-refractivity contribution in [3.63, 3.8) is 0 Å². The van der Waals surface area contributed by atoms with E-state index in [9.17, 15) is 14.4 Å². The molecule has 48 heavy (non-hydrogen) atoms. The van der Waals surface area contributed by atoms with Gasteiger partial charge in [-0.05, 0) is 92.6 Å². The molecule has 0 unspecified atom stereocenters. The zero-order valence-corrected chi connectivity index (χ0v) is 28.7. The summed E-state index contributed by atoms with van der Waals surface area (Å²) in [6, 6.07) is 22.9. The van der Waals surface area contributed by atoms with Gasteiger partial charge in [0.2, 0.25) is 17.7 Å². The Labute approximate surface area is 288 Å². The van der Waals surface area contributed by atoms with Gasteiger partial charge in [-0.3, -0.25) is 14.4 Å². The van der Waals surface area contributed by atoms with Crippen LogP contribution in [0.25, 0.3) is 10.9 Å². The molecule has 0 aliphatic carbocycles. The first kappa shape index (κ1) is 33.7. The van der Waals surface area contributed by atoms with Crippen LogP contribution in [0.15, 0.2) is 79.0 Å². The second-order valence-electron chi connectivity index (χ2n) is 13.8. The molecule has 3 aromatic carbocycles. The van der Waals surface area contributed by atoms with Crippen molar-refractivity contribution < 1.29 is 14.4 Å². The van der Waals surface area contributed by atoms with Gasteiger partial charge in [0.05, 0.1) is 6.42 Å². The van der Waals surface area contributed by atoms with Crippen molar-refractivity contribution in [2.24, 2.45) is 11.8 Å². The minimum absolute atomic E-state index is 0.106. The molecule has 1 aromatic heterocycles. The van der Waals surface area contributed by atoms with Crippen molar-refractivity contribution in [1.82, 2.24) is 20.1 Å². The Kier molecular flexibility index (Phi) is 10.8. The number of hydrogen-bond acceptors (Lipinski definition) is 4. The molecule has 2 atom stereocenters. The summed E-state index contributed by atoms with van der Waals surface area (Å²) in [5.41, 5.74) is 4.95. The van der Waals surface area contributed by atoms with E-state index in [2.05, 4.69) is 15.2 Å². The maximum absolute atomic E-state index is 14.5. The lowest BCUT2D eigenvalue weighted by atomic mass is 9.90. The third-order valence-corrected chi connectivity index (χ3v) is 10.1. The summed E-state index contributed by atoms with van der Waals surface area (Å²) in [5.74, 6) is 0.542. The molecule has 1 fully saturated rings. The van der Waals surface area contributed by atoms with Crippen LogP contribution in [0.4, 0.5) is 5.69 Å². The first-order valence-electron chi connectivity index (χ1n) is 17.1. The Balaban J connectivity index is 1.13. The zero-order valence-electron chi connectivity index (χ0n) is 28.0. The van der Waals surface area contributed by atoms with Crippen molar-refractivity contribution >= 4 is 45.9 Å². The highest BCUT2D eigenvalue weighted by atomic mass is 35.5. The number of nitrogens with one attached hydrogen (secondary N) is 2. The van der Waals surface area contributed by atoms with Gasteiger partial charge in [-0.15, -0.1) is 0 Å². The molecule has 2 aliphatic heterocycles. The van der Waals surface area contributed by atoms with Crippen LogP contribution in [-0.4, -0.2) is 78.8 Å². The molecule has 0 spiro atoms. The van der Waals surface area contributed by atoms with Gasteiger partial charge < -0.3 is 25.0 Å². The number of piperidine rings is 1. The maximum Gasteiger partial charge on any atom is 0.249 e. The average Bonchev–Trinajstić information content (AvgIpc) is 3.49. The van der Waals surface area contributed by atoms with Gasteiger partial charge in [0.25, 0.3) is 0 Å². The highest BCUT2D eigenvalue weighted by Gasteiger charge is 2.34. The minimum Gasteiger partial charge on any atom is -0.361 e. The number of para-hydroxylation sites is 1. The number of nitrogens with zero attached hydrogens (tertiary/aromatic N) is 3. The normalized spacial score (nSPS) is 17.4. The molecule has 2 N–H and O–H groups in total. The van der Waals surface area contributed by atoms with Crippen LogP contribution < -0.4 is 10.2 Å². The lowest BCUT2D eigenvalue weighted by Gasteiger charge is -2.37. The van der Waals surface area contributed by atoms with Gasteiger partial charge in [0.15, 0.2) is 0 Å². The van der Waals surface area contributed by atoms with Crippen LogP contribution >= 0.6 is 11.6 Å². The summed E-state index contributed by atoms with van der Waals surface area (Å²) in [7, 11) is 4.10. The Morgan fingerprint density at radius 2 is 1.73 bits per heavy atom. The lowest BCUT2D eigenvalue weighted by molar-refractivity contribution is -0.132. The summed E-state index contributed by atoms with van der Waals surface area (Å²) in [4.78, 5) is 50.2. The van der Waals surface area contributed by atoms with E-state index in [0.717, 1.165) is 65.5 Å². The van der Waals surface area contributed by atoms with Gasteiger partial charge in [-0.25, -0.2) is 0 Å². The standard InChI is InChI=1S/C39H46ClN5O3/c1-43(2)25-29-20-30-22-32(40)13-14-36(30)45(26-29)39(48)35(23-31-24-41-34-11-7-6-10-33(31)34)42-37(46)15-12-27-16-18-44(19-17-27)38(47)21-28-8-4-3-5-9-28/h3-11,13-14,22,24,27,29,35,41H,12,15-21,23,25-26H2,1-2H3,(H,42,46)/t29-,35-/m1/s1. The monoisotopic (exact) mass is 667 g/mol. The fourth-order valence-corrected chi connectivity index (χ4v) is 7.62. The van der Waals surface area contributed by atoms with Crippen LogP contribution in [-0.2, 0) is 33.6 Å². The number of benzene rings is 3. The van der Waals surface area contributed by atoms with Crippen molar-refractivity contribution in [3.8, 4) is 0 Å². The number of anilines is 1. The molecule has 9 heteroatoms. The van der Waals surface area contributed by atoms with E-state index in [4.69, 9.17) is 11.6 Å². The first-order chi connectivity index (χ1) is 23.2. The van der Waals surface area contributed by atoms with Crippen LogP contribution in [0, 0.1) is 11.8 Å². The van der Waals surface area contributed by atoms with E-state index >= 15 is 0 Å². The third kappa shape index (κ3) is 8.28. The fourth-order valence-electron chi connectivity index (χ4n) is 7.42. The Hall–Kier alpha value is -4.14. The molecule has 3 heterocycles. The smallest absolute Gasteiger partial charge is 0.249 e. The number of likely N-dealkylation sites (tertiary alicyclic amines) is 1. The molecule has 0 radical (unpaired) electrons. The minimum atomic E-state index is -0.726. The number of aromatic nitrogens is 1. The van der Waals surface area contributed by atoms with Crippen LogP contribution in [0.2, 0.25) is 5.02 Å². The molecule has 0 bridgehead atoms. The number of halogens is 1. The molecule has 6 rings (SSSR count). The molecule has 3 amide bonds. The number of hydrogen-bond donors (Lipinski definition) is 2. The number of aromatic amines is 1. The molecule has 0 saturated carbocycles. The third-order valence-electron chi connectivity index (χ3n) is 9.85. The van der Waals surface area contributed by atoms with Crippen molar-refractivity contribution in [2.45, 2.75) is 51.0 Å². The topological polar surface area (TPSA) is 88.8 Å². The van der Waals surface area contributed by atoms with E-state index in [1.54, 1.807) is 0 Å². The van der Waals surface area contributed by atoms with Crippen LogP contribution in [0.1, 0.15) is 42.4 Å². The second-order valence-corrected chi connectivity index (χ2v) is 14.2. The van der Waals surface area contributed by atoms with Gasteiger partial charge in [-0.2, -0.15) is 0 Å². The van der Waals surface area contributed by atoms with Crippen molar-refractivity contribution in [2.75, 3.05) is 45.2 Å². The van der Waals surface area contributed by atoms with E-state index in [1.807, 2.05) is 103 Å². The van der Waals surface area contributed by atoms with Gasteiger partial charge in [0, 0.05) is 66.8 Å². The Morgan fingerprint density at radius 1 is 0.979 bits per heavy atom. The fraction of sp³-hybridized carbons (Fsp3) is 0.410.